The molecule has 0 heterocycles. The highest BCUT2D eigenvalue weighted by Crippen LogP contribution is 2.15. The molecule has 0 saturated carbocycles. The van der Waals surface area contributed by atoms with Gasteiger partial charge in [0.05, 0.1) is 4.90 Å². The molecular formula is C12H15F2NO4S. The number of nitrogens with one attached hydrogen (secondary N) is 1. The number of carbonyl (C=O) groups is 1. The summed E-state index contributed by atoms with van der Waals surface area (Å²) in [6.07, 6.45) is 1.35. The minimum absolute atomic E-state index is 0.120. The Hall–Kier alpha value is -1.54. The maximum atomic E-state index is 13.0. The van der Waals surface area contributed by atoms with E-state index in [2.05, 4.69) is 0 Å². The topological polar surface area (TPSA) is 83.5 Å². The van der Waals surface area contributed by atoms with E-state index >= 15 is 0 Å². The zero-order valence-electron chi connectivity index (χ0n) is 10.8. The summed E-state index contributed by atoms with van der Waals surface area (Å²) in [6, 6.07) is 0.759. The average Bonchev–Trinajstić information content (AvgIpc) is 2.37. The van der Waals surface area contributed by atoms with Crippen LogP contribution in [0.2, 0.25) is 0 Å². The first kappa shape index (κ1) is 16.5. The molecule has 0 spiro atoms. The second-order valence-corrected chi connectivity index (χ2v) is 5.94. The molecule has 0 aliphatic rings. The number of rotatable bonds is 7. The Balaban J connectivity index is 2.97. The lowest BCUT2D eigenvalue weighted by Gasteiger charge is -2.14. The predicted octanol–water partition coefficient (Wildman–Crippen LogP) is 1.89. The number of benzene rings is 1. The predicted molar refractivity (Wildman–Crippen MR) is 67.6 cm³/mol. The first-order valence-corrected chi connectivity index (χ1v) is 7.46. The van der Waals surface area contributed by atoms with Gasteiger partial charge < -0.3 is 5.11 Å². The molecule has 1 aromatic rings. The molecule has 1 aromatic carbocycles. The highest BCUT2D eigenvalue weighted by molar-refractivity contribution is 7.89. The molecule has 0 fully saturated rings. The van der Waals surface area contributed by atoms with E-state index < -0.39 is 38.6 Å². The van der Waals surface area contributed by atoms with E-state index in [1.54, 1.807) is 0 Å². The molecule has 8 heteroatoms. The minimum Gasteiger partial charge on any atom is -0.480 e. The van der Waals surface area contributed by atoms with Crippen LogP contribution in [0.25, 0.3) is 0 Å². The molecule has 112 valence electrons. The zero-order valence-corrected chi connectivity index (χ0v) is 11.6. The molecule has 0 aliphatic heterocycles. The van der Waals surface area contributed by atoms with Gasteiger partial charge in [-0.25, -0.2) is 17.2 Å². The molecule has 0 bridgehead atoms. The van der Waals surface area contributed by atoms with Crippen LogP contribution in [0.3, 0.4) is 0 Å². The Morgan fingerprint density at radius 2 is 2.00 bits per heavy atom. The normalized spacial score (nSPS) is 13.2. The first-order chi connectivity index (χ1) is 9.27. The van der Waals surface area contributed by atoms with E-state index in [4.69, 9.17) is 5.11 Å². The van der Waals surface area contributed by atoms with E-state index in [0.29, 0.717) is 25.0 Å². The van der Waals surface area contributed by atoms with E-state index in [-0.39, 0.29) is 6.42 Å². The smallest absolute Gasteiger partial charge is 0.321 e. The molecule has 1 rings (SSSR count). The van der Waals surface area contributed by atoms with Crippen LogP contribution in [0.5, 0.6) is 0 Å². The largest absolute Gasteiger partial charge is 0.480 e. The standard InChI is InChI=1S/C12H15F2NO4S/c1-2-3-4-11(12(16)17)15-20(18,19)8-5-6-9(13)10(14)7-8/h5-7,11,15H,2-4H2,1H3,(H,16,17). The number of unbranched alkanes of at least 4 members (excludes halogenated alkanes) is 1. The number of carboxylic acids is 1. The lowest BCUT2D eigenvalue weighted by atomic mass is 10.1. The Bertz CT molecular complexity index is 589. The van der Waals surface area contributed by atoms with Crippen molar-refractivity contribution in [3.05, 3.63) is 29.8 Å². The van der Waals surface area contributed by atoms with Gasteiger partial charge in [-0.3, -0.25) is 4.79 Å². The fourth-order valence-electron chi connectivity index (χ4n) is 1.54. The molecule has 0 amide bonds. The van der Waals surface area contributed by atoms with Crippen molar-refractivity contribution < 1.29 is 27.1 Å². The summed E-state index contributed by atoms with van der Waals surface area (Å²) in [5, 5.41) is 8.95. The van der Waals surface area contributed by atoms with Gasteiger partial charge in [0, 0.05) is 0 Å². The van der Waals surface area contributed by atoms with Crippen molar-refractivity contribution in [1.29, 1.82) is 0 Å². The third kappa shape index (κ3) is 4.24. The maximum Gasteiger partial charge on any atom is 0.321 e. The third-order valence-corrected chi connectivity index (χ3v) is 4.11. The van der Waals surface area contributed by atoms with Crippen LogP contribution in [0.4, 0.5) is 8.78 Å². The lowest BCUT2D eigenvalue weighted by molar-refractivity contribution is -0.139. The van der Waals surface area contributed by atoms with Crippen LogP contribution >= 0.6 is 0 Å². The fraction of sp³-hybridized carbons (Fsp3) is 0.417. The van der Waals surface area contributed by atoms with Gasteiger partial charge >= 0.3 is 5.97 Å². The van der Waals surface area contributed by atoms with Crippen molar-refractivity contribution in [3.8, 4) is 0 Å². The summed E-state index contributed by atoms with van der Waals surface area (Å²) >= 11 is 0. The van der Waals surface area contributed by atoms with Gasteiger partial charge in [0.25, 0.3) is 0 Å². The molecule has 0 aromatic heterocycles. The van der Waals surface area contributed by atoms with Crippen molar-refractivity contribution in [1.82, 2.24) is 4.72 Å². The Kier molecular flexibility index (Phi) is 5.58. The Morgan fingerprint density at radius 3 is 2.50 bits per heavy atom. The lowest BCUT2D eigenvalue weighted by Crippen LogP contribution is -2.40. The van der Waals surface area contributed by atoms with E-state index in [1.165, 1.54) is 0 Å². The Labute approximate surface area is 115 Å². The molecular weight excluding hydrogens is 292 g/mol. The number of hydrogen-bond acceptors (Lipinski definition) is 3. The zero-order chi connectivity index (χ0) is 15.3. The van der Waals surface area contributed by atoms with Crippen LogP contribution in [-0.4, -0.2) is 25.5 Å². The van der Waals surface area contributed by atoms with E-state index in [0.717, 1.165) is 6.07 Å². The summed E-state index contributed by atoms with van der Waals surface area (Å²) in [5.41, 5.74) is 0. The van der Waals surface area contributed by atoms with Crippen molar-refractivity contribution >= 4 is 16.0 Å². The van der Waals surface area contributed by atoms with Crippen molar-refractivity contribution in [2.45, 2.75) is 37.1 Å². The van der Waals surface area contributed by atoms with Crippen LogP contribution in [0, 0.1) is 11.6 Å². The molecule has 5 nitrogen and oxygen atoms in total. The summed E-state index contributed by atoms with van der Waals surface area (Å²) in [7, 11) is -4.21. The van der Waals surface area contributed by atoms with E-state index in [9.17, 15) is 22.0 Å². The van der Waals surface area contributed by atoms with Crippen LogP contribution in [-0.2, 0) is 14.8 Å². The highest BCUT2D eigenvalue weighted by Gasteiger charge is 2.25. The molecule has 20 heavy (non-hydrogen) atoms. The van der Waals surface area contributed by atoms with Crippen LogP contribution in [0.15, 0.2) is 23.1 Å². The molecule has 2 N–H and O–H groups in total. The van der Waals surface area contributed by atoms with Gasteiger partial charge in [-0.2, -0.15) is 4.72 Å². The highest BCUT2D eigenvalue weighted by atomic mass is 32.2. The third-order valence-electron chi connectivity index (χ3n) is 2.64. The van der Waals surface area contributed by atoms with Crippen LogP contribution < -0.4 is 4.72 Å². The summed E-state index contributed by atoms with van der Waals surface area (Å²) in [5.74, 6) is -3.80. The summed E-state index contributed by atoms with van der Waals surface area (Å²) in [6.45, 7) is 1.84. The summed E-state index contributed by atoms with van der Waals surface area (Å²) < 4.78 is 51.6. The molecule has 0 aliphatic carbocycles. The molecule has 0 saturated heterocycles. The fourth-order valence-corrected chi connectivity index (χ4v) is 2.78. The van der Waals surface area contributed by atoms with Crippen molar-refractivity contribution in [2.75, 3.05) is 0 Å². The maximum absolute atomic E-state index is 13.0. The second kappa shape index (κ2) is 6.76. The van der Waals surface area contributed by atoms with Crippen molar-refractivity contribution in [2.24, 2.45) is 0 Å². The SMILES string of the molecule is CCCCC(NS(=O)(=O)c1ccc(F)c(F)c1)C(=O)O. The van der Waals surface area contributed by atoms with Gasteiger partial charge in [0.1, 0.15) is 6.04 Å². The summed E-state index contributed by atoms with van der Waals surface area (Å²) in [4.78, 5) is 10.5. The molecule has 1 atom stereocenters. The van der Waals surface area contributed by atoms with E-state index in [1.807, 2.05) is 11.6 Å². The average molecular weight is 307 g/mol. The number of sulfonamides is 1. The first-order valence-electron chi connectivity index (χ1n) is 5.98. The van der Waals surface area contributed by atoms with Gasteiger partial charge in [0.2, 0.25) is 10.0 Å². The second-order valence-electron chi connectivity index (χ2n) is 4.23. The van der Waals surface area contributed by atoms with Crippen molar-refractivity contribution in [3.63, 3.8) is 0 Å². The molecule has 0 radical (unpaired) electrons. The minimum atomic E-state index is -4.21. The van der Waals surface area contributed by atoms with Gasteiger partial charge in [-0.05, 0) is 24.6 Å². The quantitative estimate of drug-likeness (QED) is 0.805. The monoisotopic (exact) mass is 307 g/mol. The Morgan fingerprint density at radius 1 is 1.35 bits per heavy atom. The molecule has 1 unspecified atom stereocenters. The van der Waals surface area contributed by atoms with Gasteiger partial charge in [-0.15, -0.1) is 0 Å². The number of carboxylic acid groups (broad SMARTS) is 1. The van der Waals surface area contributed by atoms with Gasteiger partial charge in [-0.1, -0.05) is 19.8 Å². The number of hydrogen-bond donors (Lipinski definition) is 2. The number of halogens is 2. The van der Waals surface area contributed by atoms with Gasteiger partial charge in [0.15, 0.2) is 11.6 Å². The number of aliphatic carboxylic acids is 1. The van der Waals surface area contributed by atoms with Crippen LogP contribution in [0.1, 0.15) is 26.2 Å².